The third-order valence-corrected chi connectivity index (χ3v) is 5.62. The zero-order valence-corrected chi connectivity index (χ0v) is 18.7. The van der Waals surface area contributed by atoms with Crippen molar-refractivity contribution in [3.8, 4) is 16.9 Å². The average Bonchev–Trinajstić information content (AvgIpc) is 3.17. The van der Waals surface area contributed by atoms with Gasteiger partial charge in [0.2, 0.25) is 5.91 Å². The van der Waals surface area contributed by atoms with Crippen molar-refractivity contribution >= 4 is 23.7 Å². The van der Waals surface area contributed by atoms with Gasteiger partial charge in [0.1, 0.15) is 12.4 Å². The molecule has 0 aliphatic heterocycles. The van der Waals surface area contributed by atoms with Gasteiger partial charge < -0.3 is 19.8 Å². The number of nitrogens with two attached hydrogens (primary N) is 1. The van der Waals surface area contributed by atoms with Gasteiger partial charge in [0.05, 0.1) is 11.9 Å². The number of methoxy groups -OCH3 is 1. The van der Waals surface area contributed by atoms with Crippen molar-refractivity contribution in [1.82, 2.24) is 20.1 Å². The molecule has 0 unspecified atom stereocenters. The monoisotopic (exact) mass is 455 g/mol. The minimum atomic E-state index is -0.894. The molecule has 0 aliphatic rings. The first-order valence-electron chi connectivity index (χ1n) is 9.94. The summed E-state index contributed by atoms with van der Waals surface area (Å²) in [5.74, 6) is 0.816. The molecule has 0 radical (unpaired) electrons. The van der Waals surface area contributed by atoms with Gasteiger partial charge in [-0.1, -0.05) is 60.3 Å². The van der Waals surface area contributed by atoms with Crippen LogP contribution < -0.4 is 15.8 Å². The molecule has 168 valence electrons. The van der Waals surface area contributed by atoms with Gasteiger partial charge in [-0.15, -0.1) is 10.2 Å². The first kappa shape index (κ1) is 23.3. The molecule has 1 aromatic heterocycles. The van der Waals surface area contributed by atoms with E-state index in [0.29, 0.717) is 24.1 Å². The van der Waals surface area contributed by atoms with Gasteiger partial charge in [-0.25, -0.2) is 4.79 Å². The molecule has 3 amide bonds. The van der Waals surface area contributed by atoms with E-state index < -0.39 is 17.2 Å². The third kappa shape index (κ3) is 6.08. The van der Waals surface area contributed by atoms with Crippen LogP contribution >= 0.6 is 11.8 Å². The minimum Gasteiger partial charge on any atom is -0.485 e. The first-order valence-corrected chi connectivity index (χ1v) is 10.8. The van der Waals surface area contributed by atoms with Crippen molar-refractivity contribution in [2.45, 2.75) is 30.5 Å². The predicted molar refractivity (Wildman–Crippen MR) is 121 cm³/mol. The van der Waals surface area contributed by atoms with E-state index >= 15 is 0 Å². The average molecular weight is 456 g/mol. The number of para-hydroxylation sites is 1. The lowest BCUT2D eigenvalue weighted by atomic mass is 10.1. The summed E-state index contributed by atoms with van der Waals surface area (Å²) in [6, 6.07) is 16.9. The van der Waals surface area contributed by atoms with Gasteiger partial charge in [-0.2, -0.15) is 0 Å². The molecule has 0 saturated carbocycles. The van der Waals surface area contributed by atoms with Crippen LogP contribution in [-0.2, 0) is 22.7 Å². The summed E-state index contributed by atoms with van der Waals surface area (Å²) in [6.45, 7) is 2.75. The Morgan fingerprint density at radius 1 is 1.12 bits per heavy atom. The Morgan fingerprint density at radius 2 is 1.84 bits per heavy atom. The van der Waals surface area contributed by atoms with Gasteiger partial charge in [-0.05, 0) is 18.6 Å². The second-order valence-corrected chi connectivity index (χ2v) is 8.12. The summed E-state index contributed by atoms with van der Waals surface area (Å²) < 4.78 is 13.1. The number of nitrogens with one attached hydrogen (secondary N) is 1. The highest BCUT2D eigenvalue weighted by Gasteiger charge is 2.21. The van der Waals surface area contributed by atoms with Crippen molar-refractivity contribution in [3.05, 3.63) is 60.4 Å². The van der Waals surface area contributed by atoms with Gasteiger partial charge in [0.15, 0.2) is 11.0 Å². The molecule has 3 aromatic rings. The molecule has 10 heteroatoms. The van der Waals surface area contributed by atoms with E-state index in [0.717, 1.165) is 16.9 Å². The Bertz CT molecular complexity index is 1060. The smallest absolute Gasteiger partial charge is 0.318 e. The molecule has 9 nitrogen and oxygen atoms in total. The molecule has 0 bridgehead atoms. The highest BCUT2D eigenvalue weighted by atomic mass is 32.2. The van der Waals surface area contributed by atoms with Gasteiger partial charge in [0, 0.05) is 19.2 Å². The molecule has 3 rings (SSSR count). The number of ether oxygens (including phenoxy) is 2. The lowest BCUT2D eigenvalue weighted by Gasteiger charge is -2.14. The van der Waals surface area contributed by atoms with E-state index in [2.05, 4.69) is 15.5 Å². The molecule has 0 fully saturated rings. The summed E-state index contributed by atoms with van der Waals surface area (Å²) in [5.41, 5.74) is 7.05. The van der Waals surface area contributed by atoms with E-state index in [-0.39, 0.29) is 6.61 Å². The van der Waals surface area contributed by atoms with E-state index in [9.17, 15) is 9.59 Å². The fraction of sp³-hybridized carbons (Fsp3) is 0.273. The van der Waals surface area contributed by atoms with Crippen molar-refractivity contribution in [2.75, 3.05) is 13.7 Å². The van der Waals surface area contributed by atoms with E-state index in [4.69, 9.17) is 15.2 Å². The number of rotatable bonds is 10. The zero-order valence-electron chi connectivity index (χ0n) is 17.9. The number of benzene rings is 2. The van der Waals surface area contributed by atoms with Crippen LogP contribution in [0.1, 0.15) is 12.7 Å². The molecule has 1 atom stereocenters. The maximum Gasteiger partial charge on any atom is 0.318 e. The molecule has 0 saturated heterocycles. The number of hydrogen-bond acceptors (Lipinski definition) is 7. The van der Waals surface area contributed by atoms with Crippen molar-refractivity contribution in [3.63, 3.8) is 0 Å². The molecule has 3 N–H and O–H groups in total. The van der Waals surface area contributed by atoms with Crippen LogP contribution in [0.25, 0.3) is 11.1 Å². The fourth-order valence-electron chi connectivity index (χ4n) is 2.95. The van der Waals surface area contributed by atoms with Crippen LogP contribution in [0.3, 0.4) is 0 Å². The first-order chi connectivity index (χ1) is 15.5. The number of carbonyl (C=O) groups is 2. The van der Waals surface area contributed by atoms with E-state index in [1.807, 2.05) is 59.2 Å². The summed E-state index contributed by atoms with van der Waals surface area (Å²) in [4.78, 5) is 23.0. The molecule has 2 aromatic carbocycles. The largest absolute Gasteiger partial charge is 0.485 e. The van der Waals surface area contributed by atoms with Crippen LogP contribution in [0, 0.1) is 0 Å². The normalized spacial score (nSPS) is 11.7. The molecule has 0 aliphatic carbocycles. The Hall–Kier alpha value is -3.37. The quantitative estimate of drug-likeness (QED) is 0.451. The van der Waals surface area contributed by atoms with Crippen LogP contribution in [0.5, 0.6) is 5.75 Å². The summed E-state index contributed by atoms with van der Waals surface area (Å²) >= 11 is 1.17. The Balaban J connectivity index is 1.77. The second-order valence-electron chi connectivity index (χ2n) is 6.81. The number of carbonyl (C=O) groups excluding carboxylic acids is 2. The lowest BCUT2D eigenvalue weighted by molar-refractivity contribution is -0.119. The van der Waals surface area contributed by atoms with E-state index in [1.165, 1.54) is 11.8 Å². The maximum atomic E-state index is 12.0. The molecular formula is C22H25N5O4S. The van der Waals surface area contributed by atoms with Crippen molar-refractivity contribution in [2.24, 2.45) is 5.73 Å². The molecule has 0 spiro atoms. The number of amides is 3. The highest BCUT2D eigenvalue weighted by molar-refractivity contribution is 8.00. The summed E-state index contributed by atoms with van der Waals surface area (Å²) in [7, 11) is 1.60. The van der Waals surface area contributed by atoms with Crippen LogP contribution in [0.4, 0.5) is 4.79 Å². The van der Waals surface area contributed by atoms with Gasteiger partial charge >= 0.3 is 6.03 Å². The minimum absolute atomic E-state index is 0.184. The molecule has 32 heavy (non-hydrogen) atoms. The topological polar surface area (TPSA) is 121 Å². The number of nitrogens with zero attached hydrogens (tertiary/aromatic N) is 3. The molecule has 1 heterocycles. The van der Waals surface area contributed by atoms with Gasteiger partial charge in [0.25, 0.3) is 0 Å². The Labute approximate surface area is 190 Å². The number of imide groups is 1. The van der Waals surface area contributed by atoms with Crippen LogP contribution in [0.2, 0.25) is 0 Å². The third-order valence-electron chi connectivity index (χ3n) is 4.54. The summed E-state index contributed by atoms with van der Waals surface area (Å²) in [5, 5.41) is 10.4. The maximum absolute atomic E-state index is 12.0. The number of urea groups is 1. The summed E-state index contributed by atoms with van der Waals surface area (Å²) in [6.07, 6.45) is 0. The zero-order chi connectivity index (χ0) is 22.9. The number of hydrogen-bond donors (Lipinski definition) is 2. The highest BCUT2D eigenvalue weighted by Crippen LogP contribution is 2.30. The van der Waals surface area contributed by atoms with Gasteiger partial charge in [-0.3, -0.25) is 10.1 Å². The number of aromatic nitrogens is 3. The number of thioether (sulfide) groups is 1. The van der Waals surface area contributed by atoms with Crippen molar-refractivity contribution < 1.29 is 19.1 Å². The van der Waals surface area contributed by atoms with Crippen LogP contribution in [0.15, 0.2) is 59.8 Å². The van der Waals surface area contributed by atoms with Crippen molar-refractivity contribution in [1.29, 1.82) is 0 Å². The SMILES string of the molecule is COCCn1c(COc2ccccc2-c2ccccc2)nnc1S[C@@H](C)C(=O)NC(N)=O. The molecular weight excluding hydrogens is 430 g/mol. The van der Waals surface area contributed by atoms with Crippen LogP contribution in [-0.4, -0.2) is 45.7 Å². The Kier molecular flexibility index (Phi) is 8.23. The number of primary amides is 1. The second kappa shape index (κ2) is 11.3. The standard InChI is InChI=1S/C22H25N5O4S/c1-15(20(28)24-21(23)29)32-22-26-25-19(27(22)12-13-30-2)14-31-18-11-7-6-10-17(18)16-8-4-3-5-9-16/h3-11,15H,12-14H2,1-2H3,(H3,23,24,28,29)/t15-/m0/s1. The fourth-order valence-corrected chi connectivity index (χ4v) is 3.84. The van der Waals surface area contributed by atoms with E-state index in [1.54, 1.807) is 14.0 Å². The predicted octanol–water partition coefficient (Wildman–Crippen LogP) is 2.85. The Morgan fingerprint density at radius 3 is 2.56 bits per heavy atom. The lowest BCUT2D eigenvalue weighted by Crippen LogP contribution is -2.39.